The number of phenols is 1. The number of aromatic hydroxyl groups is 1. The first-order valence-corrected chi connectivity index (χ1v) is 8.48. The third-order valence-corrected chi connectivity index (χ3v) is 4.51. The molecule has 0 spiro atoms. The van der Waals surface area contributed by atoms with E-state index in [1.54, 1.807) is 6.07 Å². The van der Waals surface area contributed by atoms with Crippen LogP contribution >= 0.6 is 0 Å². The summed E-state index contributed by atoms with van der Waals surface area (Å²) in [6.45, 7) is 8.28. The molecule has 1 atom stereocenters. The maximum atomic E-state index is 9.97. The van der Waals surface area contributed by atoms with Crippen molar-refractivity contribution >= 4 is 0 Å². The number of rotatable bonds is 6. The Morgan fingerprint density at radius 2 is 1.96 bits per heavy atom. The molecule has 0 amide bonds. The second kappa shape index (κ2) is 7.86. The van der Waals surface area contributed by atoms with Crippen molar-refractivity contribution in [2.75, 3.05) is 6.61 Å². The van der Waals surface area contributed by atoms with E-state index in [9.17, 15) is 5.11 Å². The van der Waals surface area contributed by atoms with Gasteiger partial charge in [0.25, 0.3) is 0 Å². The third kappa shape index (κ3) is 4.62. The SMILES string of the molecule is CC1=C(Cc2ccc(O)c(C(C)C)c2)C(C)CC(OCC(O)O)=C1. The van der Waals surface area contributed by atoms with E-state index in [2.05, 4.69) is 33.8 Å². The fraction of sp³-hybridized carbons (Fsp3) is 0.500. The Morgan fingerprint density at radius 3 is 2.54 bits per heavy atom. The van der Waals surface area contributed by atoms with Gasteiger partial charge in [0.2, 0.25) is 0 Å². The van der Waals surface area contributed by atoms with Crippen LogP contribution in [0.5, 0.6) is 5.75 Å². The highest BCUT2D eigenvalue weighted by Crippen LogP contribution is 2.34. The first kappa shape index (κ1) is 18.6. The van der Waals surface area contributed by atoms with Gasteiger partial charge in [-0.25, -0.2) is 0 Å². The van der Waals surface area contributed by atoms with E-state index in [-0.39, 0.29) is 12.5 Å². The molecule has 4 heteroatoms. The molecular weight excluding hydrogens is 304 g/mol. The predicted octanol–water partition coefficient (Wildman–Crippen LogP) is 3.63. The van der Waals surface area contributed by atoms with Gasteiger partial charge in [-0.2, -0.15) is 0 Å². The summed E-state index contributed by atoms with van der Waals surface area (Å²) in [5.74, 6) is 1.77. The van der Waals surface area contributed by atoms with Crippen LogP contribution in [-0.2, 0) is 11.2 Å². The van der Waals surface area contributed by atoms with E-state index >= 15 is 0 Å². The van der Waals surface area contributed by atoms with Crippen molar-refractivity contribution in [1.29, 1.82) is 0 Å². The number of hydrogen-bond donors (Lipinski definition) is 3. The summed E-state index contributed by atoms with van der Waals surface area (Å²) in [6, 6.07) is 5.85. The molecule has 1 aliphatic rings. The molecule has 2 rings (SSSR count). The maximum absolute atomic E-state index is 9.97. The highest BCUT2D eigenvalue weighted by Gasteiger charge is 2.20. The van der Waals surface area contributed by atoms with Gasteiger partial charge < -0.3 is 20.1 Å². The van der Waals surface area contributed by atoms with Crippen molar-refractivity contribution in [3.8, 4) is 5.75 Å². The highest BCUT2D eigenvalue weighted by molar-refractivity contribution is 5.41. The second-order valence-corrected chi connectivity index (χ2v) is 6.94. The molecular formula is C20H28O4. The van der Waals surface area contributed by atoms with Crippen molar-refractivity contribution in [3.05, 3.63) is 52.3 Å². The summed E-state index contributed by atoms with van der Waals surface area (Å²) < 4.78 is 5.44. The van der Waals surface area contributed by atoms with Crippen LogP contribution in [0.3, 0.4) is 0 Å². The molecule has 1 unspecified atom stereocenters. The smallest absolute Gasteiger partial charge is 0.186 e. The molecule has 0 saturated heterocycles. The monoisotopic (exact) mass is 332 g/mol. The highest BCUT2D eigenvalue weighted by atomic mass is 16.5. The number of phenolic OH excluding ortho intramolecular Hbond substituents is 1. The number of benzene rings is 1. The normalized spacial score (nSPS) is 18.3. The Morgan fingerprint density at radius 1 is 1.25 bits per heavy atom. The van der Waals surface area contributed by atoms with Gasteiger partial charge in [0.15, 0.2) is 6.29 Å². The van der Waals surface area contributed by atoms with Crippen LogP contribution in [-0.4, -0.2) is 28.2 Å². The predicted molar refractivity (Wildman–Crippen MR) is 94.6 cm³/mol. The van der Waals surface area contributed by atoms with Crippen LogP contribution < -0.4 is 0 Å². The van der Waals surface area contributed by atoms with Crippen LogP contribution in [0.25, 0.3) is 0 Å². The molecule has 4 nitrogen and oxygen atoms in total. The Balaban J connectivity index is 2.19. The summed E-state index contributed by atoms with van der Waals surface area (Å²) in [4.78, 5) is 0. The van der Waals surface area contributed by atoms with Crippen LogP contribution in [0, 0.1) is 5.92 Å². The van der Waals surface area contributed by atoms with Crippen molar-refractivity contribution < 1.29 is 20.1 Å². The van der Waals surface area contributed by atoms with Gasteiger partial charge in [0, 0.05) is 6.42 Å². The lowest BCUT2D eigenvalue weighted by atomic mass is 9.83. The molecule has 0 aromatic heterocycles. The summed E-state index contributed by atoms with van der Waals surface area (Å²) in [6.07, 6.45) is 2.15. The Bertz CT molecular complexity index is 641. The van der Waals surface area contributed by atoms with E-state index in [4.69, 9.17) is 14.9 Å². The number of allylic oxidation sites excluding steroid dienone is 4. The van der Waals surface area contributed by atoms with Crippen molar-refractivity contribution in [3.63, 3.8) is 0 Å². The fourth-order valence-corrected chi connectivity index (χ4v) is 3.20. The average Bonchev–Trinajstić information content (AvgIpc) is 2.50. The molecule has 0 radical (unpaired) electrons. The summed E-state index contributed by atoms with van der Waals surface area (Å²) in [5.41, 5.74) is 4.69. The Kier molecular flexibility index (Phi) is 6.08. The van der Waals surface area contributed by atoms with Crippen molar-refractivity contribution in [2.24, 2.45) is 5.92 Å². The topological polar surface area (TPSA) is 69.9 Å². The standard InChI is InChI=1S/C20H28O4/c1-12(2)17-9-15(5-6-19(17)21)10-18-13(3)7-16(8-14(18)4)24-11-20(22)23/h5-7,9,12,14,20-23H,8,10-11H2,1-4H3. The third-order valence-electron chi connectivity index (χ3n) is 4.51. The van der Waals surface area contributed by atoms with Gasteiger partial charge in [0.05, 0.1) is 5.76 Å². The second-order valence-electron chi connectivity index (χ2n) is 6.94. The first-order valence-electron chi connectivity index (χ1n) is 8.48. The van der Waals surface area contributed by atoms with E-state index in [0.29, 0.717) is 11.7 Å². The summed E-state index contributed by atoms with van der Waals surface area (Å²) >= 11 is 0. The fourth-order valence-electron chi connectivity index (χ4n) is 3.20. The van der Waals surface area contributed by atoms with E-state index < -0.39 is 6.29 Å². The van der Waals surface area contributed by atoms with E-state index in [0.717, 1.165) is 29.7 Å². The number of hydrogen-bond acceptors (Lipinski definition) is 4. The molecule has 0 heterocycles. The zero-order chi connectivity index (χ0) is 17.9. The minimum Gasteiger partial charge on any atom is -0.508 e. The van der Waals surface area contributed by atoms with Crippen molar-refractivity contribution in [2.45, 2.75) is 52.7 Å². The number of ether oxygens (including phenoxy) is 1. The molecule has 0 aliphatic heterocycles. The lowest BCUT2D eigenvalue weighted by molar-refractivity contribution is -0.0834. The zero-order valence-corrected chi connectivity index (χ0v) is 14.9. The minimum atomic E-state index is -1.45. The molecule has 1 aromatic carbocycles. The molecule has 0 fully saturated rings. The first-order chi connectivity index (χ1) is 11.3. The molecule has 3 N–H and O–H groups in total. The van der Waals surface area contributed by atoms with Crippen LogP contribution in [0.15, 0.2) is 41.2 Å². The average molecular weight is 332 g/mol. The molecule has 1 aromatic rings. The largest absolute Gasteiger partial charge is 0.508 e. The van der Waals surface area contributed by atoms with Crippen molar-refractivity contribution in [1.82, 2.24) is 0 Å². The molecule has 0 bridgehead atoms. The Labute approximate surface area is 144 Å². The number of aliphatic hydroxyl groups is 2. The number of aliphatic hydroxyl groups excluding tert-OH is 1. The minimum absolute atomic E-state index is 0.100. The lowest BCUT2D eigenvalue weighted by Gasteiger charge is -2.25. The molecule has 1 aliphatic carbocycles. The van der Waals surface area contributed by atoms with Crippen LogP contribution in [0.4, 0.5) is 0 Å². The Hall–Kier alpha value is -1.78. The van der Waals surface area contributed by atoms with Gasteiger partial charge in [-0.3, -0.25) is 0 Å². The summed E-state index contributed by atoms with van der Waals surface area (Å²) in [5, 5.41) is 27.8. The van der Waals surface area contributed by atoms with Crippen LogP contribution in [0.1, 0.15) is 51.2 Å². The quantitative estimate of drug-likeness (QED) is 0.696. The maximum Gasteiger partial charge on any atom is 0.186 e. The lowest BCUT2D eigenvalue weighted by Crippen LogP contribution is -2.17. The molecule has 0 saturated carbocycles. The van der Waals surface area contributed by atoms with Gasteiger partial charge in [-0.15, -0.1) is 0 Å². The van der Waals surface area contributed by atoms with Crippen LogP contribution in [0.2, 0.25) is 0 Å². The van der Waals surface area contributed by atoms with Gasteiger partial charge in [-0.1, -0.05) is 38.5 Å². The van der Waals surface area contributed by atoms with Gasteiger partial charge in [-0.05, 0) is 54.0 Å². The van der Waals surface area contributed by atoms with E-state index in [1.807, 2.05) is 12.1 Å². The molecule has 24 heavy (non-hydrogen) atoms. The molecule has 132 valence electrons. The summed E-state index contributed by atoms with van der Waals surface area (Å²) in [7, 11) is 0. The van der Waals surface area contributed by atoms with Gasteiger partial charge in [0.1, 0.15) is 12.4 Å². The van der Waals surface area contributed by atoms with E-state index in [1.165, 1.54) is 11.1 Å². The zero-order valence-electron chi connectivity index (χ0n) is 14.9. The van der Waals surface area contributed by atoms with Gasteiger partial charge >= 0.3 is 0 Å².